The van der Waals surface area contributed by atoms with Crippen LogP contribution in [0, 0.1) is 6.92 Å². The van der Waals surface area contributed by atoms with Gasteiger partial charge < -0.3 is 15.2 Å². The third kappa shape index (κ3) is 4.35. The molecule has 2 N–H and O–H groups in total. The summed E-state index contributed by atoms with van der Waals surface area (Å²) in [5, 5.41) is 13.2. The molecule has 0 amide bonds. The SMILES string of the molecule is Cc1ccc(COc2cccc(C(CO)N3CCNCC3)c2)cc1. The Morgan fingerprint density at radius 3 is 2.58 bits per heavy atom. The largest absolute Gasteiger partial charge is 0.489 e. The van der Waals surface area contributed by atoms with E-state index in [1.807, 2.05) is 12.1 Å². The van der Waals surface area contributed by atoms with Gasteiger partial charge in [0, 0.05) is 26.2 Å². The number of rotatable bonds is 6. The fraction of sp³-hybridized carbons (Fsp3) is 0.400. The molecule has 0 aliphatic carbocycles. The summed E-state index contributed by atoms with van der Waals surface area (Å²) in [6.07, 6.45) is 0. The molecule has 128 valence electrons. The number of ether oxygens (including phenoxy) is 1. The molecule has 1 saturated heterocycles. The lowest BCUT2D eigenvalue weighted by Crippen LogP contribution is -2.46. The summed E-state index contributed by atoms with van der Waals surface area (Å²) in [4.78, 5) is 2.33. The van der Waals surface area contributed by atoms with E-state index in [-0.39, 0.29) is 12.6 Å². The summed E-state index contributed by atoms with van der Waals surface area (Å²) in [6.45, 7) is 6.63. The normalized spacial score (nSPS) is 16.8. The highest BCUT2D eigenvalue weighted by molar-refractivity contribution is 5.31. The Labute approximate surface area is 144 Å². The van der Waals surface area contributed by atoms with Crippen LogP contribution < -0.4 is 10.1 Å². The van der Waals surface area contributed by atoms with Gasteiger partial charge in [-0.05, 0) is 30.2 Å². The van der Waals surface area contributed by atoms with E-state index in [9.17, 15) is 5.11 Å². The van der Waals surface area contributed by atoms with E-state index in [0.29, 0.717) is 6.61 Å². The third-order valence-corrected chi connectivity index (χ3v) is 4.53. The predicted molar refractivity (Wildman–Crippen MR) is 96.2 cm³/mol. The molecule has 1 aliphatic rings. The van der Waals surface area contributed by atoms with Gasteiger partial charge in [-0.3, -0.25) is 4.90 Å². The Kier molecular flexibility index (Phi) is 5.86. The van der Waals surface area contributed by atoms with Gasteiger partial charge in [-0.1, -0.05) is 42.0 Å². The maximum Gasteiger partial charge on any atom is 0.120 e. The molecule has 1 unspecified atom stereocenters. The van der Waals surface area contributed by atoms with Gasteiger partial charge >= 0.3 is 0 Å². The lowest BCUT2D eigenvalue weighted by atomic mass is 10.0. The fourth-order valence-corrected chi connectivity index (χ4v) is 3.09. The molecule has 2 aromatic carbocycles. The smallest absolute Gasteiger partial charge is 0.120 e. The van der Waals surface area contributed by atoms with Gasteiger partial charge in [0.1, 0.15) is 12.4 Å². The first-order valence-corrected chi connectivity index (χ1v) is 8.60. The Hall–Kier alpha value is -1.88. The third-order valence-electron chi connectivity index (χ3n) is 4.53. The van der Waals surface area contributed by atoms with E-state index in [1.165, 1.54) is 5.56 Å². The van der Waals surface area contributed by atoms with E-state index in [4.69, 9.17) is 4.74 Å². The highest BCUT2D eigenvalue weighted by atomic mass is 16.5. The van der Waals surface area contributed by atoms with Crippen LogP contribution in [0.5, 0.6) is 5.75 Å². The molecule has 2 aromatic rings. The Balaban J connectivity index is 1.67. The maximum absolute atomic E-state index is 9.85. The second-order valence-electron chi connectivity index (χ2n) is 6.33. The van der Waals surface area contributed by atoms with Crippen LogP contribution in [0.1, 0.15) is 22.7 Å². The number of benzene rings is 2. The second kappa shape index (κ2) is 8.29. The second-order valence-corrected chi connectivity index (χ2v) is 6.33. The monoisotopic (exact) mass is 326 g/mol. The van der Waals surface area contributed by atoms with Crippen molar-refractivity contribution in [3.63, 3.8) is 0 Å². The summed E-state index contributed by atoms with van der Waals surface area (Å²) in [7, 11) is 0. The van der Waals surface area contributed by atoms with Gasteiger partial charge in [0.15, 0.2) is 0 Å². The van der Waals surface area contributed by atoms with Crippen molar-refractivity contribution in [2.75, 3.05) is 32.8 Å². The minimum atomic E-state index is 0.0371. The molecule has 1 fully saturated rings. The first-order valence-electron chi connectivity index (χ1n) is 8.60. The Morgan fingerprint density at radius 2 is 1.88 bits per heavy atom. The summed E-state index contributed by atoms with van der Waals surface area (Å²) in [5.74, 6) is 0.849. The minimum Gasteiger partial charge on any atom is -0.489 e. The van der Waals surface area contributed by atoms with E-state index < -0.39 is 0 Å². The standard InChI is InChI=1S/C20H26N2O2/c1-16-5-7-17(8-6-16)15-24-19-4-2-3-18(13-19)20(14-23)22-11-9-21-10-12-22/h2-8,13,20-21,23H,9-12,14-15H2,1H3. The van der Waals surface area contributed by atoms with Crippen LogP contribution in [0.15, 0.2) is 48.5 Å². The van der Waals surface area contributed by atoms with Crippen LogP contribution in [-0.4, -0.2) is 42.8 Å². The number of aliphatic hydroxyl groups excluding tert-OH is 1. The number of hydrogen-bond acceptors (Lipinski definition) is 4. The maximum atomic E-state index is 9.85. The Bertz CT molecular complexity index is 636. The molecule has 1 heterocycles. The zero-order valence-corrected chi connectivity index (χ0v) is 14.2. The molecule has 24 heavy (non-hydrogen) atoms. The lowest BCUT2D eigenvalue weighted by molar-refractivity contribution is 0.110. The quantitative estimate of drug-likeness (QED) is 0.856. The van der Waals surface area contributed by atoms with Crippen molar-refractivity contribution < 1.29 is 9.84 Å². The van der Waals surface area contributed by atoms with Crippen molar-refractivity contribution in [1.82, 2.24) is 10.2 Å². The van der Waals surface area contributed by atoms with Crippen molar-refractivity contribution in [3.8, 4) is 5.75 Å². The van der Waals surface area contributed by atoms with Gasteiger partial charge in [0.25, 0.3) is 0 Å². The van der Waals surface area contributed by atoms with E-state index in [0.717, 1.165) is 43.1 Å². The molecule has 1 atom stereocenters. The molecule has 1 aliphatic heterocycles. The first-order chi connectivity index (χ1) is 11.8. The first kappa shape index (κ1) is 17.0. The summed E-state index contributed by atoms with van der Waals surface area (Å²) >= 11 is 0. The molecule has 4 heteroatoms. The van der Waals surface area contributed by atoms with Gasteiger partial charge in [-0.2, -0.15) is 0 Å². The molecule has 0 saturated carbocycles. The highest BCUT2D eigenvalue weighted by Gasteiger charge is 2.21. The predicted octanol–water partition coefficient (Wildman–Crippen LogP) is 2.51. The molecule has 4 nitrogen and oxygen atoms in total. The summed E-state index contributed by atoms with van der Waals surface area (Å²) in [5.41, 5.74) is 3.52. The van der Waals surface area contributed by atoms with Crippen LogP contribution in [0.2, 0.25) is 0 Å². The zero-order valence-electron chi connectivity index (χ0n) is 14.2. The van der Waals surface area contributed by atoms with Gasteiger partial charge in [0.05, 0.1) is 12.6 Å². The van der Waals surface area contributed by atoms with E-state index >= 15 is 0 Å². The molecule has 3 rings (SSSR count). The average Bonchev–Trinajstić information content (AvgIpc) is 2.63. The fourth-order valence-electron chi connectivity index (χ4n) is 3.09. The van der Waals surface area contributed by atoms with Gasteiger partial charge in [-0.25, -0.2) is 0 Å². The van der Waals surface area contributed by atoms with Crippen molar-refractivity contribution in [2.45, 2.75) is 19.6 Å². The zero-order chi connectivity index (χ0) is 16.8. The van der Waals surface area contributed by atoms with Crippen molar-refractivity contribution in [2.24, 2.45) is 0 Å². The van der Waals surface area contributed by atoms with E-state index in [2.05, 4.69) is 53.5 Å². The number of nitrogens with one attached hydrogen (secondary N) is 1. The summed E-state index contributed by atoms with van der Waals surface area (Å²) < 4.78 is 5.94. The summed E-state index contributed by atoms with van der Waals surface area (Å²) in [6, 6.07) is 16.5. The number of hydrogen-bond donors (Lipinski definition) is 2. The molecule has 0 bridgehead atoms. The molecular formula is C20H26N2O2. The lowest BCUT2D eigenvalue weighted by Gasteiger charge is -2.34. The minimum absolute atomic E-state index is 0.0371. The highest BCUT2D eigenvalue weighted by Crippen LogP contribution is 2.25. The van der Waals surface area contributed by atoms with Crippen LogP contribution in [0.25, 0.3) is 0 Å². The molecule has 0 radical (unpaired) electrons. The van der Waals surface area contributed by atoms with Crippen molar-refractivity contribution in [1.29, 1.82) is 0 Å². The number of aryl methyl sites for hydroxylation is 1. The molecule has 0 aromatic heterocycles. The molecule has 0 spiro atoms. The average molecular weight is 326 g/mol. The number of piperazine rings is 1. The Morgan fingerprint density at radius 1 is 1.12 bits per heavy atom. The topological polar surface area (TPSA) is 44.7 Å². The number of nitrogens with zero attached hydrogens (tertiary/aromatic N) is 1. The van der Waals surface area contributed by atoms with Crippen molar-refractivity contribution >= 4 is 0 Å². The van der Waals surface area contributed by atoms with Crippen molar-refractivity contribution in [3.05, 3.63) is 65.2 Å². The van der Waals surface area contributed by atoms with E-state index in [1.54, 1.807) is 0 Å². The molecular weight excluding hydrogens is 300 g/mol. The van der Waals surface area contributed by atoms with Gasteiger partial charge in [0.2, 0.25) is 0 Å². The van der Waals surface area contributed by atoms with Crippen LogP contribution in [0.4, 0.5) is 0 Å². The van der Waals surface area contributed by atoms with Gasteiger partial charge in [-0.15, -0.1) is 0 Å². The van der Waals surface area contributed by atoms with Crippen LogP contribution in [-0.2, 0) is 6.61 Å². The number of aliphatic hydroxyl groups is 1. The van der Waals surface area contributed by atoms with Crippen LogP contribution in [0.3, 0.4) is 0 Å². The van der Waals surface area contributed by atoms with Crippen LogP contribution >= 0.6 is 0 Å².